The van der Waals surface area contributed by atoms with E-state index in [4.69, 9.17) is 19.4 Å². The van der Waals surface area contributed by atoms with Crippen molar-refractivity contribution < 1.29 is 4.42 Å². The Bertz CT molecular complexity index is 3850. The molecule has 0 saturated carbocycles. The number of aromatic nitrogens is 5. The Hall–Kier alpha value is -8.61. The van der Waals surface area contributed by atoms with Gasteiger partial charge in [0.25, 0.3) is 0 Å². The summed E-state index contributed by atoms with van der Waals surface area (Å²) in [6.07, 6.45) is 0. The molecule has 13 rings (SSSR count). The van der Waals surface area contributed by atoms with E-state index in [2.05, 4.69) is 161 Å². The number of furan rings is 1. The summed E-state index contributed by atoms with van der Waals surface area (Å²) in [6, 6.07) is 74.4. The number of para-hydroxylation sites is 4. The molecule has 0 spiro atoms. The van der Waals surface area contributed by atoms with E-state index >= 15 is 0 Å². The molecule has 0 amide bonds. The van der Waals surface area contributed by atoms with Crippen LogP contribution < -0.4 is 0 Å². The van der Waals surface area contributed by atoms with Gasteiger partial charge >= 0.3 is 0 Å². The van der Waals surface area contributed by atoms with Crippen LogP contribution >= 0.6 is 0 Å². The Morgan fingerprint density at radius 3 is 1.60 bits per heavy atom. The lowest BCUT2D eigenvalue weighted by Gasteiger charge is -2.13. The molecule has 4 heterocycles. The van der Waals surface area contributed by atoms with Crippen LogP contribution in [0.5, 0.6) is 0 Å². The van der Waals surface area contributed by atoms with Gasteiger partial charge in [-0.25, -0.2) is 4.98 Å². The van der Waals surface area contributed by atoms with Gasteiger partial charge in [0, 0.05) is 54.7 Å². The molecule has 0 aliphatic carbocycles. The Morgan fingerprint density at radius 2 is 0.873 bits per heavy atom. The minimum Gasteiger partial charge on any atom is -0.456 e. The van der Waals surface area contributed by atoms with E-state index in [0.29, 0.717) is 17.6 Å². The monoisotopic (exact) mass is 805 g/mol. The number of rotatable bonds is 6. The van der Waals surface area contributed by atoms with Gasteiger partial charge in [0.15, 0.2) is 11.6 Å². The summed E-state index contributed by atoms with van der Waals surface area (Å²) in [7, 11) is 0. The van der Waals surface area contributed by atoms with E-state index in [9.17, 15) is 0 Å². The van der Waals surface area contributed by atoms with Gasteiger partial charge in [-0.3, -0.25) is 4.57 Å². The fraction of sp³-hybridized carbons (Fsp3) is 0. The Morgan fingerprint density at radius 1 is 0.333 bits per heavy atom. The average Bonchev–Trinajstić information content (AvgIpc) is 4.02. The van der Waals surface area contributed by atoms with Crippen molar-refractivity contribution in [1.82, 2.24) is 24.1 Å². The summed E-state index contributed by atoms with van der Waals surface area (Å²) in [5, 5.41) is 6.82. The lowest BCUT2D eigenvalue weighted by atomic mass is 9.96. The molecular weight excluding hydrogens is 771 g/mol. The first-order valence-electron chi connectivity index (χ1n) is 21.2. The molecule has 63 heavy (non-hydrogen) atoms. The standard InChI is InChI=1S/C57H35N5O/c1-4-16-36(17-5-1)55-58-56(37-18-6-2-7-19-37)60-57(59-55)62-49-28-13-10-22-43(49)45-26-14-25-42(54(45)62)39-31-33-51-47(35-39)53-41(24-15-29-52(53)63-51)38-30-32-50-46(34-38)44-23-11-12-27-48(44)61(50)40-20-8-3-9-21-40/h1-35H. The van der Waals surface area contributed by atoms with Crippen LogP contribution in [0.3, 0.4) is 0 Å². The predicted octanol–water partition coefficient (Wildman–Crippen LogP) is 14.6. The van der Waals surface area contributed by atoms with Gasteiger partial charge in [0.05, 0.1) is 22.1 Å². The fourth-order valence-corrected chi connectivity index (χ4v) is 9.59. The highest BCUT2D eigenvalue weighted by Crippen LogP contribution is 2.43. The van der Waals surface area contributed by atoms with Crippen molar-refractivity contribution >= 4 is 65.6 Å². The van der Waals surface area contributed by atoms with Crippen LogP contribution in [0.4, 0.5) is 0 Å². The van der Waals surface area contributed by atoms with Crippen molar-refractivity contribution in [2.24, 2.45) is 0 Å². The lowest BCUT2D eigenvalue weighted by Crippen LogP contribution is -2.06. The van der Waals surface area contributed by atoms with E-state index in [1.165, 1.54) is 21.8 Å². The third-order valence-corrected chi connectivity index (χ3v) is 12.4. The van der Waals surface area contributed by atoms with Crippen LogP contribution in [-0.4, -0.2) is 24.1 Å². The molecule has 6 heteroatoms. The molecular formula is C57H35N5O. The SMILES string of the molecule is c1ccc(-c2nc(-c3ccccc3)nc(-n3c4ccccc4c4cccc(-c5ccc6oc7cccc(-c8ccc9c(c8)c8ccccc8n9-c8ccccc8)c7c6c5)c43)n2)cc1. The minimum absolute atomic E-state index is 0.558. The van der Waals surface area contributed by atoms with Crippen LogP contribution in [0, 0.1) is 0 Å². The average molecular weight is 806 g/mol. The van der Waals surface area contributed by atoms with Crippen LogP contribution in [-0.2, 0) is 0 Å². The summed E-state index contributed by atoms with van der Waals surface area (Å²) in [5.41, 5.74) is 13.5. The lowest BCUT2D eigenvalue weighted by molar-refractivity contribution is 0.669. The molecule has 0 bridgehead atoms. The van der Waals surface area contributed by atoms with Crippen molar-refractivity contribution in [3.8, 4) is 56.7 Å². The van der Waals surface area contributed by atoms with E-state index in [1.807, 2.05) is 60.7 Å². The molecule has 4 aromatic heterocycles. The third-order valence-electron chi connectivity index (χ3n) is 12.4. The number of hydrogen-bond donors (Lipinski definition) is 0. The quantitative estimate of drug-likeness (QED) is 0.168. The summed E-state index contributed by atoms with van der Waals surface area (Å²) in [5.74, 6) is 1.79. The summed E-state index contributed by atoms with van der Waals surface area (Å²) in [4.78, 5) is 15.4. The molecule has 0 aliphatic heterocycles. The zero-order valence-electron chi connectivity index (χ0n) is 33.9. The van der Waals surface area contributed by atoms with Gasteiger partial charge < -0.3 is 8.98 Å². The van der Waals surface area contributed by atoms with Crippen molar-refractivity contribution in [2.45, 2.75) is 0 Å². The normalized spacial score (nSPS) is 11.8. The highest BCUT2D eigenvalue weighted by atomic mass is 16.3. The van der Waals surface area contributed by atoms with Gasteiger partial charge in [-0.05, 0) is 71.3 Å². The second kappa shape index (κ2) is 14.0. The summed E-state index contributed by atoms with van der Waals surface area (Å²) >= 11 is 0. The zero-order valence-corrected chi connectivity index (χ0v) is 33.9. The molecule has 0 aliphatic rings. The largest absolute Gasteiger partial charge is 0.456 e. The Balaban J connectivity index is 1.03. The molecule has 0 radical (unpaired) electrons. The maximum absolute atomic E-state index is 6.63. The highest BCUT2D eigenvalue weighted by molar-refractivity contribution is 6.17. The van der Waals surface area contributed by atoms with Crippen molar-refractivity contribution in [3.63, 3.8) is 0 Å². The first-order valence-corrected chi connectivity index (χ1v) is 21.2. The van der Waals surface area contributed by atoms with Crippen LogP contribution in [0.2, 0.25) is 0 Å². The molecule has 6 nitrogen and oxygen atoms in total. The summed E-state index contributed by atoms with van der Waals surface area (Å²) in [6.45, 7) is 0. The molecule has 9 aromatic carbocycles. The minimum atomic E-state index is 0.558. The van der Waals surface area contributed by atoms with E-state index in [0.717, 1.165) is 82.8 Å². The van der Waals surface area contributed by atoms with Gasteiger partial charge in [0.1, 0.15) is 11.2 Å². The number of nitrogens with zero attached hydrogens (tertiary/aromatic N) is 5. The Kier molecular flexibility index (Phi) is 7.80. The van der Waals surface area contributed by atoms with Gasteiger partial charge in [-0.2, -0.15) is 9.97 Å². The third kappa shape index (κ3) is 5.55. The smallest absolute Gasteiger partial charge is 0.238 e. The first kappa shape index (κ1) is 35.2. The van der Waals surface area contributed by atoms with Gasteiger partial charge in [0.2, 0.25) is 5.95 Å². The van der Waals surface area contributed by atoms with E-state index in [-0.39, 0.29) is 0 Å². The number of hydrogen-bond acceptors (Lipinski definition) is 4. The highest BCUT2D eigenvalue weighted by Gasteiger charge is 2.22. The second-order valence-electron chi connectivity index (χ2n) is 16.0. The fourth-order valence-electron chi connectivity index (χ4n) is 9.59. The molecule has 13 aromatic rings. The van der Waals surface area contributed by atoms with Crippen LogP contribution in [0.1, 0.15) is 0 Å². The first-order chi connectivity index (χ1) is 31.2. The van der Waals surface area contributed by atoms with E-state index in [1.54, 1.807) is 0 Å². The van der Waals surface area contributed by atoms with E-state index < -0.39 is 0 Å². The maximum atomic E-state index is 6.63. The molecule has 0 fully saturated rings. The topological polar surface area (TPSA) is 61.7 Å². The van der Waals surface area contributed by atoms with Crippen LogP contribution in [0.15, 0.2) is 217 Å². The number of fused-ring (bicyclic) bond motifs is 9. The molecule has 0 atom stereocenters. The van der Waals surface area contributed by atoms with Crippen molar-refractivity contribution in [1.29, 1.82) is 0 Å². The summed E-state index contributed by atoms with van der Waals surface area (Å²) < 4.78 is 11.2. The Labute approximate surface area is 361 Å². The molecule has 0 N–H and O–H groups in total. The molecule has 0 saturated heterocycles. The predicted molar refractivity (Wildman–Crippen MR) is 258 cm³/mol. The van der Waals surface area contributed by atoms with Crippen LogP contribution in [0.25, 0.3) is 122 Å². The second-order valence-corrected chi connectivity index (χ2v) is 16.0. The maximum Gasteiger partial charge on any atom is 0.238 e. The van der Waals surface area contributed by atoms with Gasteiger partial charge in [-0.1, -0.05) is 158 Å². The van der Waals surface area contributed by atoms with Crippen molar-refractivity contribution in [3.05, 3.63) is 212 Å². The molecule has 294 valence electrons. The zero-order chi connectivity index (χ0) is 41.4. The van der Waals surface area contributed by atoms with Gasteiger partial charge in [-0.15, -0.1) is 0 Å². The van der Waals surface area contributed by atoms with Crippen molar-refractivity contribution in [2.75, 3.05) is 0 Å². The molecule has 0 unspecified atom stereocenters. The number of benzene rings is 9.